The average molecular weight is 586 g/mol. The smallest absolute Gasteiger partial charge is 0.406 e. The van der Waals surface area contributed by atoms with Crippen molar-refractivity contribution in [3.63, 3.8) is 0 Å². The van der Waals surface area contributed by atoms with Gasteiger partial charge in [-0.1, -0.05) is 29.4 Å². The third-order valence-corrected chi connectivity index (χ3v) is 7.29. The molecule has 1 fully saturated rings. The molecule has 2 amide bonds. The molecule has 1 saturated carbocycles. The molecular weight excluding hydrogens is 551 g/mol. The summed E-state index contributed by atoms with van der Waals surface area (Å²) in [7, 11) is 0. The Labute approximate surface area is 241 Å². The minimum atomic E-state index is -4.79. The van der Waals surface area contributed by atoms with Crippen molar-refractivity contribution in [3.8, 4) is 16.9 Å². The van der Waals surface area contributed by atoms with Gasteiger partial charge in [0, 0.05) is 25.2 Å². The molecule has 2 atom stereocenters. The molecule has 42 heavy (non-hydrogen) atoms. The zero-order valence-electron chi connectivity index (χ0n) is 24.0. The van der Waals surface area contributed by atoms with E-state index in [0.29, 0.717) is 43.2 Å². The molecule has 0 spiro atoms. The summed E-state index contributed by atoms with van der Waals surface area (Å²) in [6.07, 6.45) is -3.57. The van der Waals surface area contributed by atoms with E-state index in [0.717, 1.165) is 22.3 Å². The lowest BCUT2D eigenvalue weighted by molar-refractivity contribution is -0.274. The second kappa shape index (κ2) is 11.4. The van der Waals surface area contributed by atoms with Crippen molar-refractivity contribution in [2.75, 3.05) is 13.1 Å². The number of hydrogen-bond acceptors (Lipinski definition) is 7. The Morgan fingerprint density at radius 3 is 2.62 bits per heavy atom. The third-order valence-electron chi connectivity index (χ3n) is 7.29. The number of benzene rings is 2. The van der Waals surface area contributed by atoms with Gasteiger partial charge in [-0.15, -0.1) is 13.2 Å². The lowest BCUT2D eigenvalue weighted by atomic mass is 9.87. The molecule has 0 unspecified atom stereocenters. The molecular formula is C30H34F3N5O4. The van der Waals surface area contributed by atoms with Crippen LogP contribution in [0.25, 0.3) is 11.1 Å². The van der Waals surface area contributed by atoms with Gasteiger partial charge in [-0.25, -0.2) is 0 Å². The molecule has 1 aliphatic heterocycles. The Balaban J connectivity index is 1.37. The predicted octanol–water partition coefficient (Wildman–Crippen LogP) is 4.64. The highest BCUT2D eigenvalue weighted by atomic mass is 19.4. The molecule has 5 rings (SSSR count). The number of rotatable bonds is 8. The summed E-state index contributed by atoms with van der Waals surface area (Å²) in [4.78, 5) is 31.9. The highest BCUT2D eigenvalue weighted by Crippen LogP contribution is 2.47. The van der Waals surface area contributed by atoms with Crippen molar-refractivity contribution in [2.24, 2.45) is 5.92 Å². The Morgan fingerprint density at radius 1 is 1.14 bits per heavy atom. The second-order valence-electron chi connectivity index (χ2n) is 11.9. The van der Waals surface area contributed by atoms with Crippen LogP contribution in [0, 0.1) is 12.8 Å². The number of carbonyl (C=O) groups is 2. The minimum Gasteiger partial charge on any atom is -0.406 e. The number of fused-ring (bicyclic) bond motifs is 1. The van der Waals surface area contributed by atoms with Crippen molar-refractivity contribution >= 4 is 11.8 Å². The number of nitrogens with zero attached hydrogens (tertiary/aromatic N) is 3. The molecule has 3 aromatic rings. The van der Waals surface area contributed by atoms with Crippen LogP contribution in [0.2, 0.25) is 0 Å². The SMILES string of the molecule is Cc1noc([C@@H]2C[C@H]2C(=O)NCc2ccc(-c3cccc(OC(F)(F)F)c3)c3c2CN(CC(=O)NC(C)(C)C)CC3)n1. The van der Waals surface area contributed by atoms with E-state index in [1.807, 2.05) is 37.8 Å². The minimum absolute atomic E-state index is 0.0921. The van der Waals surface area contributed by atoms with E-state index < -0.39 is 6.36 Å². The molecule has 0 saturated heterocycles. The number of nitrogens with one attached hydrogen (secondary N) is 2. The van der Waals surface area contributed by atoms with E-state index in [2.05, 4.69) is 25.5 Å². The largest absolute Gasteiger partial charge is 0.573 e. The van der Waals surface area contributed by atoms with Gasteiger partial charge in [0.25, 0.3) is 0 Å². The van der Waals surface area contributed by atoms with Crippen molar-refractivity contribution < 1.29 is 32.0 Å². The molecule has 2 N–H and O–H groups in total. The summed E-state index contributed by atoms with van der Waals surface area (Å²) in [5, 5.41) is 9.81. The standard InChI is InChI=1S/C30H34F3N5O4/c1-17-35-28(42-37-17)24-13-23(24)27(40)34-14-19-8-9-21(18-6-5-7-20(12-18)41-30(31,32)33)22-10-11-38(15-25(19)22)16-26(39)36-29(2,3)4/h5-9,12,23-24H,10-11,13-16H2,1-4H3,(H,34,40)(H,36,39)/t23-,24-/m1/s1. The molecule has 2 heterocycles. The fourth-order valence-electron chi connectivity index (χ4n) is 5.42. The van der Waals surface area contributed by atoms with Gasteiger partial charge in [0.1, 0.15) is 5.75 Å². The quantitative estimate of drug-likeness (QED) is 0.397. The second-order valence-corrected chi connectivity index (χ2v) is 11.9. The molecule has 2 aliphatic rings. The Kier molecular flexibility index (Phi) is 8.02. The van der Waals surface area contributed by atoms with E-state index >= 15 is 0 Å². The van der Waals surface area contributed by atoms with Crippen LogP contribution in [0.3, 0.4) is 0 Å². The fourth-order valence-corrected chi connectivity index (χ4v) is 5.42. The van der Waals surface area contributed by atoms with Crippen molar-refractivity contribution in [3.05, 3.63) is 64.8 Å². The zero-order chi connectivity index (χ0) is 30.2. The number of carbonyl (C=O) groups excluding carboxylic acids is 2. The molecule has 1 aliphatic carbocycles. The van der Waals surface area contributed by atoms with Crippen LogP contribution in [0.15, 0.2) is 40.9 Å². The fraction of sp³-hybridized carbons (Fsp3) is 0.467. The van der Waals surface area contributed by atoms with Gasteiger partial charge in [0.2, 0.25) is 17.7 Å². The highest BCUT2D eigenvalue weighted by molar-refractivity contribution is 5.82. The van der Waals surface area contributed by atoms with Gasteiger partial charge in [-0.05, 0) is 80.5 Å². The predicted molar refractivity (Wildman–Crippen MR) is 147 cm³/mol. The van der Waals surface area contributed by atoms with Gasteiger partial charge in [0.05, 0.1) is 18.4 Å². The van der Waals surface area contributed by atoms with Gasteiger partial charge in [-0.3, -0.25) is 14.5 Å². The maximum atomic E-state index is 12.9. The van der Waals surface area contributed by atoms with Crippen LogP contribution in [0.1, 0.15) is 61.5 Å². The maximum absolute atomic E-state index is 12.9. The average Bonchev–Trinajstić information content (AvgIpc) is 3.57. The Hall–Kier alpha value is -3.93. The maximum Gasteiger partial charge on any atom is 0.573 e. The lowest BCUT2D eigenvalue weighted by Crippen LogP contribution is -2.47. The van der Waals surface area contributed by atoms with Gasteiger partial charge in [-0.2, -0.15) is 4.98 Å². The molecule has 2 aromatic carbocycles. The van der Waals surface area contributed by atoms with Crippen LogP contribution in [-0.4, -0.2) is 51.8 Å². The first kappa shape index (κ1) is 29.6. The van der Waals surface area contributed by atoms with Gasteiger partial charge in [0.15, 0.2) is 5.82 Å². The van der Waals surface area contributed by atoms with E-state index in [4.69, 9.17) is 4.52 Å². The van der Waals surface area contributed by atoms with E-state index in [-0.39, 0.29) is 48.0 Å². The van der Waals surface area contributed by atoms with E-state index in [9.17, 15) is 22.8 Å². The number of aryl methyl sites for hydroxylation is 1. The van der Waals surface area contributed by atoms with E-state index in [1.165, 1.54) is 18.2 Å². The molecule has 0 bridgehead atoms. The molecule has 0 radical (unpaired) electrons. The van der Waals surface area contributed by atoms with Crippen LogP contribution in [0.5, 0.6) is 5.75 Å². The van der Waals surface area contributed by atoms with Crippen LogP contribution in [0.4, 0.5) is 13.2 Å². The Morgan fingerprint density at radius 2 is 1.93 bits per heavy atom. The summed E-state index contributed by atoms with van der Waals surface area (Å²) >= 11 is 0. The molecule has 9 nitrogen and oxygen atoms in total. The number of ether oxygens (including phenoxy) is 1. The third kappa shape index (κ3) is 7.28. The highest BCUT2D eigenvalue weighted by Gasteiger charge is 2.47. The van der Waals surface area contributed by atoms with Crippen LogP contribution in [-0.2, 0) is 29.1 Å². The number of aromatic nitrogens is 2. The monoisotopic (exact) mass is 585 g/mol. The van der Waals surface area contributed by atoms with E-state index in [1.54, 1.807) is 13.0 Å². The van der Waals surface area contributed by atoms with Gasteiger partial charge >= 0.3 is 6.36 Å². The number of hydrogen-bond donors (Lipinski definition) is 2. The topological polar surface area (TPSA) is 110 Å². The summed E-state index contributed by atoms with van der Waals surface area (Å²) in [6, 6.07) is 9.67. The summed E-state index contributed by atoms with van der Waals surface area (Å²) < 4.78 is 48.0. The number of amides is 2. The first-order valence-corrected chi connectivity index (χ1v) is 13.9. The van der Waals surface area contributed by atoms with Crippen LogP contribution < -0.4 is 15.4 Å². The van der Waals surface area contributed by atoms with Gasteiger partial charge < -0.3 is 19.9 Å². The molecule has 224 valence electrons. The number of alkyl halides is 3. The lowest BCUT2D eigenvalue weighted by Gasteiger charge is -2.32. The molecule has 1 aromatic heterocycles. The first-order chi connectivity index (χ1) is 19.8. The first-order valence-electron chi connectivity index (χ1n) is 13.9. The zero-order valence-corrected chi connectivity index (χ0v) is 24.0. The normalized spacial score (nSPS) is 18.7. The van der Waals surface area contributed by atoms with Crippen LogP contribution >= 0.6 is 0 Å². The van der Waals surface area contributed by atoms with Crippen molar-refractivity contribution in [1.82, 2.24) is 25.7 Å². The summed E-state index contributed by atoms with van der Waals surface area (Å²) in [5.41, 5.74) is 3.83. The summed E-state index contributed by atoms with van der Waals surface area (Å²) in [6.45, 7) is 9.02. The number of halogens is 3. The molecule has 12 heteroatoms. The Bertz CT molecular complexity index is 1480. The van der Waals surface area contributed by atoms with Crippen molar-refractivity contribution in [1.29, 1.82) is 0 Å². The van der Waals surface area contributed by atoms with Crippen molar-refractivity contribution in [2.45, 2.75) is 71.4 Å². The summed E-state index contributed by atoms with van der Waals surface area (Å²) in [5.74, 6) is 0.165.